The number of ether oxygens (including phenoxy) is 1. The molecule has 0 spiro atoms. The number of rotatable bonds is 5. The third-order valence-corrected chi connectivity index (χ3v) is 6.37. The van der Waals surface area contributed by atoms with Crippen LogP contribution in [0.2, 0.25) is 0 Å². The second-order valence-corrected chi connectivity index (χ2v) is 8.75. The molecule has 8 heteroatoms. The average molecular weight is 366 g/mol. The van der Waals surface area contributed by atoms with E-state index in [1.807, 2.05) is 19.1 Å². The monoisotopic (exact) mass is 366 g/mol. The lowest BCUT2D eigenvalue weighted by atomic mass is 10.1. The van der Waals surface area contributed by atoms with Gasteiger partial charge in [0.05, 0.1) is 30.6 Å². The summed E-state index contributed by atoms with van der Waals surface area (Å²) in [4.78, 5) is 12.7. The van der Waals surface area contributed by atoms with E-state index in [-0.39, 0.29) is 23.6 Å². The molecule has 136 valence electrons. The number of benzene rings is 1. The summed E-state index contributed by atoms with van der Waals surface area (Å²) < 4.78 is 36.4. The van der Waals surface area contributed by atoms with E-state index >= 15 is 0 Å². The minimum Gasteiger partial charge on any atom is -0.461 e. The molecule has 1 N–H and O–H groups in total. The number of carbonyl (C=O) groups is 1. The highest BCUT2D eigenvalue weighted by Crippen LogP contribution is 2.24. The smallest absolute Gasteiger partial charge is 0.255 e. The Morgan fingerprint density at radius 1 is 1.32 bits per heavy atom. The molecule has 0 saturated carbocycles. The van der Waals surface area contributed by atoms with E-state index in [9.17, 15) is 13.2 Å². The molecule has 0 radical (unpaired) electrons. The summed E-state index contributed by atoms with van der Waals surface area (Å²) >= 11 is 0. The van der Waals surface area contributed by atoms with Crippen LogP contribution in [0.4, 0.5) is 0 Å². The molecule has 1 saturated heterocycles. The Kier molecular flexibility index (Phi) is 4.86. The number of aryl methyl sites for hydroxylation is 1. The largest absolute Gasteiger partial charge is 0.461 e. The van der Waals surface area contributed by atoms with Crippen molar-refractivity contribution in [3.63, 3.8) is 0 Å². The van der Waals surface area contributed by atoms with Crippen LogP contribution < -0.4 is 5.32 Å². The first-order chi connectivity index (χ1) is 11.8. The Morgan fingerprint density at radius 2 is 2.08 bits per heavy atom. The van der Waals surface area contributed by atoms with Gasteiger partial charge in [-0.1, -0.05) is 12.1 Å². The van der Waals surface area contributed by atoms with Crippen LogP contribution >= 0.6 is 0 Å². The van der Waals surface area contributed by atoms with Crippen LogP contribution in [0.1, 0.15) is 16.1 Å². The van der Waals surface area contributed by atoms with E-state index < -0.39 is 10.0 Å². The molecule has 3 rings (SSSR count). The fraction of sp³-hybridized carbons (Fsp3) is 0.471. The number of furan rings is 1. The highest BCUT2D eigenvalue weighted by molar-refractivity contribution is 7.89. The summed E-state index contributed by atoms with van der Waals surface area (Å²) in [7, 11) is -0.365. The van der Waals surface area contributed by atoms with Gasteiger partial charge in [0, 0.05) is 25.4 Å². The van der Waals surface area contributed by atoms with Gasteiger partial charge in [-0.2, -0.15) is 0 Å². The SMILES string of the molecule is Cc1cc2cccc(C(=O)N[C@@H]3COC[C@H]3CS(=O)(=O)N(C)C)c2o1. The summed E-state index contributed by atoms with van der Waals surface area (Å²) in [6.45, 7) is 2.43. The van der Waals surface area contributed by atoms with Crippen LogP contribution in [0, 0.1) is 12.8 Å². The lowest BCUT2D eigenvalue weighted by Gasteiger charge is -2.21. The van der Waals surface area contributed by atoms with Crippen molar-refractivity contribution < 1.29 is 22.4 Å². The van der Waals surface area contributed by atoms with Crippen molar-refractivity contribution in [3.05, 3.63) is 35.6 Å². The number of carbonyl (C=O) groups excluding carboxylic acids is 1. The molecule has 0 unspecified atom stereocenters. The second kappa shape index (κ2) is 6.78. The van der Waals surface area contributed by atoms with Gasteiger partial charge in [-0.25, -0.2) is 12.7 Å². The number of fused-ring (bicyclic) bond motifs is 1. The zero-order chi connectivity index (χ0) is 18.2. The van der Waals surface area contributed by atoms with Crippen LogP contribution in [0.25, 0.3) is 11.0 Å². The van der Waals surface area contributed by atoms with Gasteiger partial charge in [-0.15, -0.1) is 0 Å². The predicted octanol–water partition coefficient (Wildman–Crippen LogP) is 1.38. The van der Waals surface area contributed by atoms with Crippen molar-refractivity contribution in [2.24, 2.45) is 5.92 Å². The molecule has 0 aliphatic carbocycles. The Balaban J connectivity index is 1.77. The third kappa shape index (κ3) is 3.70. The van der Waals surface area contributed by atoms with Crippen molar-refractivity contribution >= 4 is 26.9 Å². The lowest BCUT2D eigenvalue weighted by Crippen LogP contribution is -2.43. The zero-order valence-electron chi connectivity index (χ0n) is 14.5. The zero-order valence-corrected chi connectivity index (χ0v) is 15.3. The van der Waals surface area contributed by atoms with E-state index in [0.717, 1.165) is 11.1 Å². The van der Waals surface area contributed by atoms with E-state index in [4.69, 9.17) is 9.15 Å². The molecule has 1 aliphatic rings. The molecular formula is C17H22N2O5S. The number of sulfonamides is 1. The predicted molar refractivity (Wildman–Crippen MR) is 94.0 cm³/mol. The molecule has 25 heavy (non-hydrogen) atoms. The number of nitrogens with zero attached hydrogens (tertiary/aromatic N) is 1. The molecular weight excluding hydrogens is 344 g/mol. The molecule has 0 bridgehead atoms. The third-order valence-electron chi connectivity index (χ3n) is 4.41. The van der Waals surface area contributed by atoms with Gasteiger partial charge in [0.15, 0.2) is 0 Å². The maximum Gasteiger partial charge on any atom is 0.255 e. The Labute approximate surface area is 147 Å². The molecule has 2 heterocycles. The normalized spacial score (nSPS) is 21.1. The topological polar surface area (TPSA) is 88.8 Å². The van der Waals surface area contributed by atoms with E-state index in [2.05, 4.69) is 5.32 Å². The number of hydrogen-bond donors (Lipinski definition) is 1. The lowest BCUT2D eigenvalue weighted by molar-refractivity contribution is 0.0926. The van der Waals surface area contributed by atoms with E-state index in [1.165, 1.54) is 18.4 Å². The maximum atomic E-state index is 12.7. The van der Waals surface area contributed by atoms with Crippen molar-refractivity contribution in [2.75, 3.05) is 33.1 Å². The van der Waals surface area contributed by atoms with Crippen LogP contribution in [0.3, 0.4) is 0 Å². The van der Waals surface area contributed by atoms with Crippen molar-refractivity contribution in [1.29, 1.82) is 0 Å². The van der Waals surface area contributed by atoms with Gasteiger partial charge in [0.2, 0.25) is 10.0 Å². The Morgan fingerprint density at radius 3 is 2.80 bits per heavy atom. The molecule has 1 amide bonds. The minimum atomic E-state index is -3.36. The number of nitrogens with one attached hydrogen (secondary N) is 1. The first-order valence-corrected chi connectivity index (χ1v) is 9.67. The maximum absolute atomic E-state index is 12.7. The van der Waals surface area contributed by atoms with Gasteiger partial charge in [-0.05, 0) is 19.1 Å². The second-order valence-electron chi connectivity index (χ2n) is 6.52. The fourth-order valence-electron chi connectivity index (χ4n) is 2.96. The standard InChI is InChI=1S/C17H22N2O5S/c1-11-7-12-5-4-6-14(16(12)24-11)17(20)18-15-9-23-8-13(15)10-25(21,22)19(2)3/h4-7,13,15H,8-10H2,1-3H3,(H,18,20)/t13-,15+/m0/s1. The minimum absolute atomic E-state index is 0.0605. The van der Waals surface area contributed by atoms with Crippen LogP contribution in [-0.4, -0.2) is 57.7 Å². The highest BCUT2D eigenvalue weighted by atomic mass is 32.2. The molecule has 1 aliphatic heterocycles. The Bertz CT molecular complexity index is 888. The van der Waals surface area contributed by atoms with Crippen LogP contribution in [-0.2, 0) is 14.8 Å². The molecule has 1 aromatic carbocycles. The van der Waals surface area contributed by atoms with Crippen molar-refractivity contribution in [3.8, 4) is 0 Å². The van der Waals surface area contributed by atoms with Gasteiger partial charge in [-0.3, -0.25) is 4.79 Å². The quantitative estimate of drug-likeness (QED) is 0.863. The van der Waals surface area contributed by atoms with Crippen LogP contribution in [0.15, 0.2) is 28.7 Å². The molecule has 2 atom stereocenters. The number of amides is 1. The van der Waals surface area contributed by atoms with Gasteiger partial charge < -0.3 is 14.5 Å². The molecule has 7 nitrogen and oxygen atoms in total. The summed E-state index contributed by atoms with van der Waals surface area (Å²) in [5.41, 5.74) is 0.973. The Hall–Kier alpha value is -1.90. The van der Waals surface area contributed by atoms with Gasteiger partial charge >= 0.3 is 0 Å². The van der Waals surface area contributed by atoms with Crippen molar-refractivity contribution in [2.45, 2.75) is 13.0 Å². The number of hydrogen-bond acceptors (Lipinski definition) is 5. The van der Waals surface area contributed by atoms with E-state index in [0.29, 0.717) is 24.4 Å². The van der Waals surface area contributed by atoms with Gasteiger partial charge in [0.1, 0.15) is 11.3 Å². The first kappa shape index (κ1) is 17.9. The summed E-state index contributed by atoms with van der Waals surface area (Å²) in [5, 5.41) is 3.76. The fourth-order valence-corrected chi connectivity index (χ4v) is 4.13. The summed E-state index contributed by atoms with van der Waals surface area (Å²) in [6, 6.07) is 6.90. The summed E-state index contributed by atoms with van der Waals surface area (Å²) in [6.07, 6.45) is 0. The summed E-state index contributed by atoms with van der Waals surface area (Å²) in [5.74, 6) is 0.0978. The van der Waals surface area contributed by atoms with Gasteiger partial charge in [0.25, 0.3) is 5.91 Å². The van der Waals surface area contributed by atoms with Crippen LogP contribution in [0.5, 0.6) is 0 Å². The highest BCUT2D eigenvalue weighted by Gasteiger charge is 2.34. The first-order valence-electron chi connectivity index (χ1n) is 8.06. The van der Waals surface area contributed by atoms with Crippen molar-refractivity contribution in [1.82, 2.24) is 9.62 Å². The molecule has 1 aromatic heterocycles. The number of para-hydroxylation sites is 1. The average Bonchev–Trinajstić information content (AvgIpc) is 3.11. The van der Waals surface area contributed by atoms with E-state index in [1.54, 1.807) is 12.1 Å². The molecule has 2 aromatic rings. The molecule has 1 fully saturated rings.